The van der Waals surface area contributed by atoms with Crippen LogP contribution in [-0.2, 0) is 0 Å². The first-order valence-electron chi connectivity index (χ1n) is 11.4. The van der Waals surface area contributed by atoms with Crippen molar-refractivity contribution in [2.45, 2.75) is 44.3 Å². The summed E-state index contributed by atoms with van der Waals surface area (Å²) in [4.78, 5) is 9.07. The third-order valence-corrected chi connectivity index (χ3v) is 5.97. The minimum atomic E-state index is -4.50. The number of fused-ring (bicyclic) bond motifs is 1. The molecule has 182 valence electrons. The van der Waals surface area contributed by atoms with Gasteiger partial charge in [-0.2, -0.15) is 22.8 Å². The Morgan fingerprint density at radius 3 is 2.51 bits per heavy atom. The van der Waals surface area contributed by atoms with Crippen LogP contribution < -0.4 is 10.1 Å². The SMILES string of the molecule is Fc1ccc(-c2nn3c(OCC(F)(F)F)cccc3c2-c2ccnc(NC3CCCCC3)n2)cc1. The van der Waals surface area contributed by atoms with Gasteiger partial charge in [-0.25, -0.2) is 14.4 Å². The Morgan fingerprint density at radius 1 is 1.00 bits per heavy atom. The molecule has 0 saturated heterocycles. The van der Waals surface area contributed by atoms with Crippen LogP contribution in [0.2, 0.25) is 0 Å². The number of aromatic nitrogens is 4. The predicted octanol–water partition coefficient (Wildman–Crippen LogP) is 6.28. The van der Waals surface area contributed by atoms with Crippen LogP contribution >= 0.6 is 0 Å². The molecular formula is C25H23F4N5O. The highest BCUT2D eigenvalue weighted by atomic mass is 19.4. The van der Waals surface area contributed by atoms with Gasteiger partial charge in [0.2, 0.25) is 11.8 Å². The molecule has 1 aliphatic carbocycles. The number of benzene rings is 1. The van der Waals surface area contributed by atoms with Crippen LogP contribution in [0.3, 0.4) is 0 Å². The molecule has 0 atom stereocenters. The zero-order valence-corrected chi connectivity index (χ0v) is 18.7. The smallest absolute Gasteiger partial charge is 0.422 e. The fourth-order valence-corrected chi connectivity index (χ4v) is 4.37. The quantitative estimate of drug-likeness (QED) is 0.326. The molecule has 0 spiro atoms. The molecule has 10 heteroatoms. The van der Waals surface area contributed by atoms with Gasteiger partial charge in [0, 0.05) is 23.9 Å². The Morgan fingerprint density at radius 2 is 1.77 bits per heavy atom. The molecule has 4 aromatic rings. The van der Waals surface area contributed by atoms with Gasteiger partial charge in [-0.05, 0) is 49.2 Å². The van der Waals surface area contributed by atoms with E-state index in [0.717, 1.165) is 25.7 Å². The lowest BCUT2D eigenvalue weighted by Crippen LogP contribution is -2.23. The zero-order chi connectivity index (χ0) is 24.4. The maximum Gasteiger partial charge on any atom is 0.422 e. The summed E-state index contributed by atoms with van der Waals surface area (Å²) in [6.07, 6.45) is 2.76. The molecule has 5 rings (SSSR count). The predicted molar refractivity (Wildman–Crippen MR) is 124 cm³/mol. The van der Waals surface area contributed by atoms with E-state index in [-0.39, 0.29) is 5.88 Å². The van der Waals surface area contributed by atoms with Gasteiger partial charge in [0.05, 0.1) is 16.8 Å². The lowest BCUT2D eigenvalue weighted by molar-refractivity contribution is -0.154. The van der Waals surface area contributed by atoms with Gasteiger partial charge in [0.15, 0.2) is 6.61 Å². The lowest BCUT2D eigenvalue weighted by atomic mass is 9.96. The van der Waals surface area contributed by atoms with E-state index in [0.29, 0.717) is 40.0 Å². The van der Waals surface area contributed by atoms with E-state index in [9.17, 15) is 17.6 Å². The highest BCUT2D eigenvalue weighted by Gasteiger charge is 2.29. The summed E-state index contributed by atoms with van der Waals surface area (Å²) in [6, 6.07) is 12.5. The number of alkyl halides is 3. The molecule has 6 nitrogen and oxygen atoms in total. The minimum absolute atomic E-state index is 0.0657. The van der Waals surface area contributed by atoms with Crippen molar-refractivity contribution in [3.05, 3.63) is 60.5 Å². The Labute approximate surface area is 199 Å². The molecule has 0 bridgehead atoms. The summed E-state index contributed by atoms with van der Waals surface area (Å²) in [5.74, 6) is 0.00148. The van der Waals surface area contributed by atoms with Gasteiger partial charge in [-0.15, -0.1) is 0 Å². The van der Waals surface area contributed by atoms with E-state index in [1.807, 2.05) is 0 Å². The van der Waals surface area contributed by atoms with Crippen molar-refractivity contribution in [2.75, 3.05) is 11.9 Å². The Hall–Kier alpha value is -3.69. The molecule has 1 N–H and O–H groups in total. The lowest BCUT2D eigenvalue weighted by Gasteiger charge is -2.22. The summed E-state index contributed by atoms with van der Waals surface area (Å²) in [6.45, 7) is -1.45. The Kier molecular flexibility index (Phi) is 6.27. The number of halogens is 4. The largest absolute Gasteiger partial charge is 0.468 e. The van der Waals surface area contributed by atoms with Crippen molar-refractivity contribution < 1.29 is 22.3 Å². The van der Waals surface area contributed by atoms with Crippen LogP contribution in [0.5, 0.6) is 5.88 Å². The third kappa shape index (κ3) is 5.21. The monoisotopic (exact) mass is 485 g/mol. The maximum atomic E-state index is 13.6. The van der Waals surface area contributed by atoms with Gasteiger partial charge in [-0.3, -0.25) is 0 Å². The van der Waals surface area contributed by atoms with E-state index >= 15 is 0 Å². The van der Waals surface area contributed by atoms with Crippen LogP contribution in [0, 0.1) is 5.82 Å². The number of rotatable bonds is 6. The molecule has 3 heterocycles. The normalized spacial score (nSPS) is 14.9. The maximum absolute atomic E-state index is 13.6. The van der Waals surface area contributed by atoms with Crippen molar-refractivity contribution in [3.63, 3.8) is 0 Å². The van der Waals surface area contributed by atoms with Gasteiger partial charge < -0.3 is 10.1 Å². The topological polar surface area (TPSA) is 64.3 Å². The van der Waals surface area contributed by atoms with Crippen LogP contribution in [0.15, 0.2) is 54.7 Å². The number of nitrogens with one attached hydrogen (secondary N) is 1. The molecule has 1 aliphatic rings. The summed E-state index contributed by atoms with van der Waals surface area (Å²) in [7, 11) is 0. The van der Waals surface area contributed by atoms with Gasteiger partial charge in [-0.1, -0.05) is 25.3 Å². The third-order valence-electron chi connectivity index (χ3n) is 5.97. The van der Waals surface area contributed by atoms with E-state index in [1.165, 1.54) is 29.1 Å². The molecular weight excluding hydrogens is 462 g/mol. The first-order valence-corrected chi connectivity index (χ1v) is 11.4. The molecule has 0 radical (unpaired) electrons. The van der Waals surface area contributed by atoms with Crippen molar-refractivity contribution in [1.29, 1.82) is 0 Å². The molecule has 3 aromatic heterocycles. The average molecular weight is 485 g/mol. The Bertz CT molecular complexity index is 1310. The zero-order valence-electron chi connectivity index (χ0n) is 18.7. The fraction of sp³-hybridized carbons (Fsp3) is 0.320. The molecule has 0 amide bonds. The summed E-state index contributed by atoms with van der Waals surface area (Å²) < 4.78 is 58.4. The second kappa shape index (κ2) is 9.52. The first kappa shape index (κ1) is 23.1. The second-order valence-corrected chi connectivity index (χ2v) is 8.54. The number of nitrogens with zero attached hydrogens (tertiary/aromatic N) is 4. The molecule has 35 heavy (non-hydrogen) atoms. The molecule has 0 unspecified atom stereocenters. The summed E-state index contributed by atoms with van der Waals surface area (Å²) in [5.41, 5.74) is 2.66. The van der Waals surface area contributed by atoms with Gasteiger partial charge in [0.25, 0.3) is 0 Å². The van der Waals surface area contributed by atoms with E-state index in [4.69, 9.17) is 9.72 Å². The number of ether oxygens (including phenoxy) is 1. The molecule has 1 aromatic carbocycles. The highest BCUT2D eigenvalue weighted by molar-refractivity contribution is 5.91. The summed E-state index contributed by atoms with van der Waals surface area (Å²) >= 11 is 0. The van der Waals surface area contributed by atoms with Crippen LogP contribution in [0.4, 0.5) is 23.5 Å². The fourth-order valence-electron chi connectivity index (χ4n) is 4.37. The highest BCUT2D eigenvalue weighted by Crippen LogP contribution is 2.36. The number of hydrogen-bond donors (Lipinski definition) is 1. The van der Waals surface area contributed by atoms with Gasteiger partial charge >= 0.3 is 6.18 Å². The van der Waals surface area contributed by atoms with Crippen molar-refractivity contribution in [2.24, 2.45) is 0 Å². The van der Waals surface area contributed by atoms with Crippen LogP contribution in [0.25, 0.3) is 28.0 Å². The minimum Gasteiger partial charge on any atom is -0.468 e. The van der Waals surface area contributed by atoms with Crippen molar-refractivity contribution in [1.82, 2.24) is 19.6 Å². The van der Waals surface area contributed by atoms with E-state index < -0.39 is 18.6 Å². The first-order chi connectivity index (χ1) is 16.9. The standard InChI is InChI=1S/C25H23F4N5O/c26-17-11-9-16(10-12-17)23-22(19-13-14-30-24(32-19)31-18-5-2-1-3-6-18)20-7-4-8-21(34(20)33-23)35-15-25(27,28)29/h4,7-14,18H,1-3,5-6,15H2,(H,30,31,32). The van der Waals surface area contributed by atoms with Crippen molar-refractivity contribution in [3.8, 4) is 28.4 Å². The molecule has 1 fully saturated rings. The van der Waals surface area contributed by atoms with Crippen molar-refractivity contribution >= 4 is 11.5 Å². The van der Waals surface area contributed by atoms with Gasteiger partial charge in [0.1, 0.15) is 11.5 Å². The summed E-state index contributed by atoms with van der Waals surface area (Å²) in [5, 5.41) is 7.95. The molecule has 1 saturated carbocycles. The second-order valence-electron chi connectivity index (χ2n) is 8.54. The number of pyridine rings is 1. The number of anilines is 1. The van der Waals surface area contributed by atoms with E-state index in [2.05, 4.69) is 15.4 Å². The molecule has 0 aliphatic heterocycles. The average Bonchev–Trinajstić information content (AvgIpc) is 3.24. The van der Waals surface area contributed by atoms with Crippen LogP contribution in [-0.4, -0.2) is 38.4 Å². The van der Waals surface area contributed by atoms with Crippen LogP contribution in [0.1, 0.15) is 32.1 Å². The Balaban J connectivity index is 1.61. The number of hydrogen-bond acceptors (Lipinski definition) is 5. The van der Waals surface area contributed by atoms with E-state index in [1.54, 1.807) is 36.5 Å².